The fourth-order valence-electron chi connectivity index (χ4n) is 2.22. The van der Waals surface area contributed by atoms with Gasteiger partial charge >= 0.3 is 11.7 Å². The van der Waals surface area contributed by atoms with E-state index in [4.69, 9.17) is 15.2 Å². The van der Waals surface area contributed by atoms with Crippen LogP contribution in [0.4, 0.5) is 0 Å². The number of nitrogens with two attached hydrogens (primary N) is 1. The predicted octanol–water partition coefficient (Wildman–Crippen LogP) is -0.977. The summed E-state index contributed by atoms with van der Waals surface area (Å²) in [6, 6.07) is 0. The zero-order valence-electron chi connectivity index (χ0n) is 11.3. The molecule has 0 saturated carbocycles. The molecule has 0 radical (unpaired) electrons. The molecule has 2 rings (SSSR count). The summed E-state index contributed by atoms with van der Waals surface area (Å²) in [4.78, 5) is 36.4. The van der Waals surface area contributed by atoms with E-state index in [0.29, 0.717) is 12.0 Å². The topological polar surface area (TPSA) is 116 Å². The van der Waals surface area contributed by atoms with Crippen LogP contribution >= 0.6 is 0 Å². The normalized spacial score (nSPS) is 25.6. The first kappa shape index (κ1) is 14.5. The van der Waals surface area contributed by atoms with Crippen LogP contribution in [-0.4, -0.2) is 34.3 Å². The molecule has 8 heteroatoms. The van der Waals surface area contributed by atoms with Gasteiger partial charge in [-0.2, -0.15) is 0 Å². The lowest BCUT2D eigenvalue weighted by molar-refractivity contribution is -0.148. The zero-order chi connectivity index (χ0) is 14.9. The molecule has 2 heterocycles. The molecule has 1 aliphatic rings. The fourth-order valence-corrected chi connectivity index (χ4v) is 2.22. The number of carbonyl (C=O) groups is 1. The summed E-state index contributed by atoms with van der Waals surface area (Å²) >= 11 is 0. The number of aryl methyl sites for hydroxylation is 1. The van der Waals surface area contributed by atoms with Crippen molar-refractivity contribution in [3.05, 3.63) is 32.6 Å². The van der Waals surface area contributed by atoms with Crippen molar-refractivity contribution < 1.29 is 14.3 Å². The van der Waals surface area contributed by atoms with Crippen LogP contribution in [0.3, 0.4) is 0 Å². The van der Waals surface area contributed by atoms with Crippen molar-refractivity contribution in [2.45, 2.75) is 38.7 Å². The highest BCUT2D eigenvalue weighted by atomic mass is 16.6. The van der Waals surface area contributed by atoms with Crippen LogP contribution in [0.5, 0.6) is 0 Å². The Balaban J connectivity index is 2.27. The Morgan fingerprint density at radius 1 is 1.60 bits per heavy atom. The van der Waals surface area contributed by atoms with Gasteiger partial charge < -0.3 is 15.2 Å². The van der Waals surface area contributed by atoms with Crippen LogP contribution < -0.4 is 17.0 Å². The molecule has 3 N–H and O–H groups in total. The van der Waals surface area contributed by atoms with E-state index in [1.165, 1.54) is 17.7 Å². The predicted molar refractivity (Wildman–Crippen MR) is 69.2 cm³/mol. The van der Waals surface area contributed by atoms with Crippen molar-refractivity contribution in [2.75, 3.05) is 6.54 Å². The third-order valence-corrected chi connectivity index (χ3v) is 3.19. The summed E-state index contributed by atoms with van der Waals surface area (Å²) in [5.74, 6) is -0.428. The molecule has 1 aromatic heterocycles. The molecule has 110 valence electrons. The summed E-state index contributed by atoms with van der Waals surface area (Å²) in [5, 5.41) is 0. The highest BCUT2D eigenvalue weighted by molar-refractivity contribution is 5.66. The van der Waals surface area contributed by atoms with Gasteiger partial charge in [0, 0.05) is 31.6 Å². The van der Waals surface area contributed by atoms with Crippen molar-refractivity contribution >= 4 is 5.97 Å². The van der Waals surface area contributed by atoms with Gasteiger partial charge in [-0.15, -0.1) is 0 Å². The van der Waals surface area contributed by atoms with E-state index >= 15 is 0 Å². The van der Waals surface area contributed by atoms with E-state index in [1.54, 1.807) is 6.92 Å². The van der Waals surface area contributed by atoms with Gasteiger partial charge in [-0.1, -0.05) is 0 Å². The third-order valence-electron chi connectivity index (χ3n) is 3.19. The minimum absolute atomic E-state index is 0.172. The molecule has 0 amide bonds. The molecule has 3 atom stereocenters. The Labute approximate surface area is 114 Å². The second-order valence-electron chi connectivity index (χ2n) is 4.73. The minimum atomic E-state index is -0.615. The molecule has 0 bridgehead atoms. The van der Waals surface area contributed by atoms with Crippen LogP contribution in [0.25, 0.3) is 0 Å². The van der Waals surface area contributed by atoms with Gasteiger partial charge in [-0.25, -0.2) is 4.79 Å². The number of H-pyrrole nitrogens is 1. The van der Waals surface area contributed by atoms with Crippen LogP contribution in [-0.2, 0) is 14.3 Å². The molecule has 0 spiro atoms. The summed E-state index contributed by atoms with van der Waals surface area (Å²) < 4.78 is 12.0. The lowest BCUT2D eigenvalue weighted by atomic mass is 10.2. The number of ether oxygens (including phenoxy) is 2. The smallest absolute Gasteiger partial charge is 0.330 e. The molecule has 3 unspecified atom stereocenters. The first-order valence-electron chi connectivity index (χ1n) is 6.27. The van der Waals surface area contributed by atoms with Crippen molar-refractivity contribution in [2.24, 2.45) is 5.73 Å². The second-order valence-corrected chi connectivity index (χ2v) is 4.73. The molecule has 1 aromatic rings. The summed E-state index contributed by atoms with van der Waals surface area (Å²) in [7, 11) is 0. The van der Waals surface area contributed by atoms with Gasteiger partial charge in [0.1, 0.15) is 18.4 Å². The molecule has 20 heavy (non-hydrogen) atoms. The number of aromatic amines is 1. The number of hydrogen-bond acceptors (Lipinski definition) is 6. The average Bonchev–Trinajstić information content (AvgIpc) is 2.75. The van der Waals surface area contributed by atoms with Gasteiger partial charge in [0.2, 0.25) is 0 Å². The Kier molecular flexibility index (Phi) is 4.05. The van der Waals surface area contributed by atoms with Crippen molar-refractivity contribution in [1.82, 2.24) is 9.55 Å². The van der Waals surface area contributed by atoms with Crippen molar-refractivity contribution in [3.63, 3.8) is 0 Å². The van der Waals surface area contributed by atoms with Crippen molar-refractivity contribution in [1.29, 1.82) is 0 Å². The number of hydrogen-bond donors (Lipinski definition) is 2. The van der Waals surface area contributed by atoms with Gasteiger partial charge in [0.05, 0.1) is 0 Å². The van der Waals surface area contributed by atoms with E-state index in [-0.39, 0.29) is 6.54 Å². The maximum atomic E-state index is 11.8. The van der Waals surface area contributed by atoms with Crippen LogP contribution in [0.15, 0.2) is 15.8 Å². The largest absolute Gasteiger partial charge is 0.460 e. The molecular weight excluding hydrogens is 266 g/mol. The summed E-state index contributed by atoms with van der Waals surface area (Å²) in [6.45, 7) is 3.07. The molecule has 1 aliphatic heterocycles. The minimum Gasteiger partial charge on any atom is -0.460 e. The van der Waals surface area contributed by atoms with Crippen molar-refractivity contribution in [3.8, 4) is 0 Å². The number of nitrogens with one attached hydrogen (secondary N) is 1. The molecule has 0 aromatic carbocycles. The quantitative estimate of drug-likeness (QED) is 0.689. The monoisotopic (exact) mass is 283 g/mol. The molecule has 1 fully saturated rings. The lowest BCUT2D eigenvalue weighted by Crippen LogP contribution is -2.34. The highest BCUT2D eigenvalue weighted by Crippen LogP contribution is 2.29. The average molecular weight is 283 g/mol. The number of aromatic nitrogens is 2. The van der Waals surface area contributed by atoms with E-state index in [9.17, 15) is 14.4 Å². The molecule has 0 aliphatic carbocycles. The molecule has 1 saturated heterocycles. The lowest BCUT2D eigenvalue weighted by Gasteiger charge is -2.15. The molecule has 8 nitrogen and oxygen atoms in total. The van der Waals surface area contributed by atoms with E-state index in [0.717, 1.165) is 0 Å². The van der Waals surface area contributed by atoms with Crippen LogP contribution in [0.1, 0.15) is 25.1 Å². The number of carbonyl (C=O) groups excluding carboxylic acids is 1. The first-order valence-corrected chi connectivity index (χ1v) is 6.27. The molecular formula is C12H17N3O5. The standard InChI is InChI=1S/C12H17N3O5/c1-6-5-15(12(18)14-11(6)17)10-3-8(19-7(2)16)9(4-13)20-10/h5,8-10H,3-4,13H2,1-2H3,(H,14,17,18). The fraction of sp³-hybridized carbons (Fsp3) is 0.583. The zero-order valence-corrected chi connectivity index (χ0v) is 11.3. The maximum Gasteiger partial charge on any atom is 0.330 e. The Bertz CT molecular complexity index is 620. The van der Waals surface area contributed by atoms with Crippen LogP contribution in [0, 0.1) is 6.92 Å². The van der Waals surface area contributed by atoms with E-state index < -0.39 is 35.7 Å². The maximum absolute atomic E-state index is 11.8. The number of rotatable bonds is 3. The van der Waals surface area contributed by atoms with E-state index in [2.05, 4.69) is 4.98 Å². The Morgan fingerprint density at radius 3 is 2.90 bits per heavy atom. The van der Waals surface area contributed by atoms with E-state index in [1.807, 2.05) is 0 Å². The van der Waals surface area contributed by atoms with Gasteiger partial charge in [0.15, 0.2) is 0 Å². The summed E-state index contributed by atoms with van der Waals surface area (Å²) in [5.41, 5.74) is 4.97. The van der Waals surface area contributed by atoms with Gasteiger partial charge in [-0.3, -0.25) is 19.1 Å². The van der Waals surface area contributed by atoms with Gasteiger partial charge in [-0.05, 0) is 6.92 Å². The van der Waals surface area contributed by atoms with Gasteiger partial charge in [0.25, 0.3) is 5.56 Å². The number of esters is 1. The summed E-state index contributed by atoms with van der Waals surface area (Å²) in [6.07, 6.45) is 0.156. The third kappa shape index (κ3) is 2.81. The first-order chi connectivity index (χ1) is 9.42. The highest BCUT2D eigenvalue weighted by Gasteiger charge is 2.38. The Morgan fingerprint density at radius 2 is 2.30 bits per heavy atom. The second kappa shape index (κ2) is 5.59. The SMILES string of the molecule is CC(=O)OC1CC(n2cc(C)c(=O)[nH]c2=O)OC1CN. The van der Waals surface area contributed by atoms with Crippen LogP contribution in [0.2, 0.25) is 0 Å². The Hall–Kier alpha value is -1.93. The number of nitrogens with zero attached hydrogens (tertiary/aromatic N) is 1.